The third-order valence-corrected chi connectivity index (χ3v) is 2.83. The number of aliphatic carboxylic acids is 1. The van der Waals surface area contributed by atoms with Crippen LogP contribution in [0.1, 0.15) is 18.3 Å². The predicted octanol–water partition coefficient (Wildman–Crippen LogP) is 0.514. The van der Waals surface area contributed by atoms with E-state index in [4.69, 9.17) is 16.7 Å². The first-order chi connectivity index (χ1) is 7.82. The van der Waals surface area contributed by atoms with Crippen LogP contribution in [0.2, 0.25) is 5.02 Å². The van der Waals surface area contributed by atoms with Gasteiger partial charge in [-0.3, -0.25) is 9.48 Å². The Labute approximate surface area is 104 Å². The van der Waals surface area contributed by atoms with Crippen molar-refractivity contribution in [2.45, 2.75) is 26.3 Å². The fraction of sp³-hybridized carbons (Fsp3) is 0.500. The van der Waals surface area contributed by atoms with Crippen LogP contribution in [0.5, 0.6) is 0 Å². The van der Waals surface area contributed by atoms with E-state index in [9.17, 15) is 9.59 Å². The van der Waals surface area contributed by atoms with Crippen molar-refractivity contribution in [3.8, 4) is 0 Å². The van der Waals surface area contributed by atoms with Crippen LogP contribution < -0.4 is 5.32 Å². The minimum Gasteiger partial charge on any atom is -0.480 e. The predicted molar refractivity (Wildman–Crippen MR) is 61.9 cm³/mol. The third kappa shape index (κ3) is 3.20. The molecule has 0 saturated carbocycles. The van der Waals surface area contributed by atoms with Gasteiger partial charge in [0.2, 0.25) is 5.91 Å². The fourth-order valence-electron chi connectivity index (χ4n) is 1.54. The summed E-state index contributed by atoms with van der Waals surface area (Å²) in [4.78, 5) is 21.9. The van der Waals surface area contributed by atoms with Gasteiger partial charge in [0.05, 0.1) is 16.4 Å². The normalized spacial score (nSPS) is 12.2. The number of carboxylic acid groups (broad SMARTS) is 1. The molecule has 1 aromatic heterocycles. The molecule has 0 bridgehead atoms. The monoisotopic (exact) mass is 259 g/mol. The topological polar surface area (TPSA) is 84.2 Å². The number of hydrogen-bond donors (Lipinski definition) is 2. The number of aromatic nitrogens is 2. The Bertz CT molecular complexity index is 456. The molecule has 1 unspecified atom stereocenters. The second-order valence-electron chi connectivity index (χ2n) is 3.77. The van der Waals surface area contributed by atoms with Crippen LogP contribution in [-0.4, -0.2) is 32.8 Å². The van der Waals surface area contributed by atoms with Crippen molar-refractivity contribution in [3.05, 3.63) is 16.4 Å². The molecule has 0 saturated heterocycles. The molecular weight excluding hydrogens is 246 g/mol. The van der Waals surface area contributed by atoms with Gasteiger partial charge in [-0.1, -0.05) is 11.6 Å². The zero-order chi connectivity index (χ0) is 13.2. The summed E-state index contributed by atoms with van der Waals surface area (Å²) in [5.41, 5.74) is 1.22. The number of nitrogens with zero attached hydrogens (tertiary/aromatic N) is 2. The highest BCUT2D eigenvalue weighted by atomic mass is 35.5. The lowest BCUT2D eigenvalue weighted by Crippen LogP contribution is -2.41. The Hall–Kier alpha value is -1.56. The number of aryl methyl sites for hydroxylation is 2. The van der Waals surface area contributed by atoms with Gasteiger partial charge in [0.1, 0.15) is 6.04 Å². The van der Waals surface area contributed by atoms with Crippen molar-refractivity contribution in [1.29, 1.82) is 0 Å². The summed E-state index contributed by atoms with van der Waals surface area (Å²) < 4.78 is 1.52. The van der Waals surface area contributed by atoms with Crippen molar-refractivity contribution in [1.82, 2.24) is 15.1 Å². The van der Waals surface area contributed by atoms with E-state index in [1.54, 1.807) is 14.0 Å². The lowest BCUT2D eigenvalue weighted by atomic mass is 10.1. The maximum atomic E-state index is 11.0. The van der Waals surface area contributed by atoms with Gasteiger partial charge < -0.3 is 10.4 Å². The second-order valence-corrected chi connectivity index (χ2v) is 4.14. The molecule has 0 aliphatic carbocycles. The molecule has 94 valence electrons. The van der Waals surface area contributed by atoms with Crippen molar-refractivity contribution in [3.63, 3.8) is 0 Å². The smallest absolute Gasteiger partial charge is 0.326 e. The van der Waals surface area contributed by atoms with Crippen molar-refractivity contribution in [2.24, 2.45) is 7.05 Å². The average Bonchev–Trinajstić information content (AvgIpc) is 2.43. The SMILES string of the molecule is CC(=O)NC(Cc1c(Cl)c(C)nn1C)C(=O)O. The first-order valence-electron chi connectivity index (χ1n) is 5.00. The molecule has 1 atom stereocenters. The van der Waals surface area contributed by atoms with E-state index in [2.05, 4.69) is 10.4 Å². The number of halogens is 1. The first kappa shape index (κ1) is 13.5. The molecule has 0 spiro atoms. The van der Waals surface area contributed by atoms with Gasteiger partial charge in [0.25, 0.3) is 0 Å². The summed E-state index contributed by atoms with van der Waals surface area (Å²) in [6.45, 7) is 3.01. The average molecular weight is 260 g/mol. The highest BCUT2D eigenvalue weighted by Crippen LogP contribution is 2.20. The summed E-state index contributed by atoms with van der Waals surface area (Å²) in [5, 5.41) is 15.9. The van der Waals surface area contributed by atoms with Gasteiger partial charge in [-0.15, -0.1) is 0 Å². The van der Waals surface area contributed by atoms with E-state index in [0.29, 0.717) is 16.4 Å². The van der Waals surface area contributed by atoms with Crippen molar-refractivity contribution >= 4 is 23.5 Å². The summed E-state index contributed by atoms with van der Waals surface area (Å²) in [5.74, 6) is -1.50. The summed E-state index contributed by atoms with van der Waals surface area (Å²) in [7, 11) is 1.68. The molecule has 0 fully saturated rings. The molecule has 0 aromatic carbocycles. The Morgan fingerprint density at radius 3 is 2.53 bits per heavy atom. The molecule has 1 aromatic rings. The van der Waals surface area contributed by atoms with Crippen LogP contribution in [0.4, 0.5) is 0 Å². The van der Waals surface area contributed by atoms with Gasteiger partial charge in [-0.25, -0.2) is 4.79 Å². The van der Waals surface area contributed by atoms with Gasteiger partial charge in [0, 0.05) is 20.4 Å². The van der Waals surface area contributed by atoms with E-state index in [0.717, 1.165) is 0 Å². The van der Waals surface area contributed by atoms with Crippen molar-refractivity contribution < 1.29 is 14.7 Å². The molecule has 1 rings (SSSR count). The molecule has 17 heavy (non-hydrogen) atoms. The van der Waals surface area contributed by atoms with Crippen LogP contribution >= 0.6 is 11.6 Å². The van der Waals surface area contributed by atoms with E-state index in [-0.39, 0.29) is 6.42 Å². The quantitative estimate of drug-likeness (QED) is 0.825. The molecule has 1 amide bonds. The maximum Gasteiger partial charge on any atom is 0.326 e. The maximum absolute atomic E-state index is 11.0. The molecule has 0 aliphatic rings. The lowest BCUT2D eigenvalue weighted by Gasteiger charge is -2.13. The van der Waals surface area contributed by atoms with Gasteiger partial charge in [-0.2, -0.15) is 5.10 Å². The van der Waals surface area contributed by atoms with E-state index < -0.39 is 17.9 Å². The number of carboxylic acids is 1. The number of carbonyl (C=O) groups is 2. The van der Waals surface area contributed by atoms with Crippen LogP contribution in [0.3, 0.4) is 0 Å². The van der Waals surface area contributed by atoms with Crippen molar-refractivity contribution in [2.75, 3.05) is 0 Å². The molecular formula is C10H14ClN3O3. The third-order valence-electron chi connectivity index (χ3n) is 2.33. The van der Waals surface area contributed by atoms with Crippen LogP contribution in [-0.2, 0) is 23.1 Å². The summed E-state index contributed by atoms with van der Waals surface area (Å²) in [6, 6.07) is -1.00. The highest BCUT2D eigenvalue weighted by Gasteiger charge is 2.23. The molecule has 7 heteroatoms. The zero-order valence-electron chi connectivity index (χ0n) is 9.82. The number of nitrogens with one attached hydrogen (secondary N) is 1. The van der Waals surface area contributed by atoms with E-state index in [1.807, 2.05) is 0 Å². The zero-order valence-corrected chi connectivity index (χ0v) is 10.6. The highest BCUT2D eigenvalue weighted by molar-refractivity contribution is 6.31. The largest absolute Gasteiger partial charge is 0.480 e. The molecule has 0 radical (unpaired) electrons. The Kier molecular flexibility index (Phi) is 4.11. The Balaban J connectivity index is 2.93. The van der Waals surface area contributed by atoms with Crippen LogP contribution in [0.15, 0.2) is 0 Å². The number of hydrogen-bond acceptors (Lipinski definition) is 3. The molecule has 1 heterocycles. The van der Waals surface area contributed by atoms with E-state index in [1.165, 1.54) is 11.6 Å². The lowest BCUT2D eigenvalue weighted by molar-refractivity contribution is -0.141. The number of rotatable bonds is 4. The summed E-state index contributed by atoms with van der Waals surface area (Å²) in [6.07, 6.45) is 0.102. The molecule has 6 nitrogen and oxygen atoms in total. The minimum absolute atomic E-state index is 0.102. The standard InChI is InChI=1S/C10H14ClN3O3/c1-5-9(11)8(14(3)13-5)4-7(10(16)17)12-6(2)15/h7H,4H2,1-3H3,(H,12,15)(H,16,17). The van der Waals surface area contributed by atoms with Gasteiger partial charge in [0.15, 0.2) is 0 Å². The first-order valence-corrected chi connectivity index (χ1v) is 5.38. The molecule has 0 aliphatic heterocycles. The second kappa shape index (κ2) is 5.18. The minimum atomic E-state index is -1.10. The van der Waals surface area contributed by atoms with Gasteiger partial charge in [-0.05, 0) is 6.92 Å². The summed E-state index contributed by atoms with van der Waals surface area (Å²) >= 11 is 6.01. The van der Waals surface area contributed by atoms with Gasteiger partial charge >= 0.3 is 5.97 Å². The van der Waals surface area contributed by atoms with Crippen LogP contribution in [0, 0.1) is 6.92 Å². The Morgan fingerprint density at radius 1 is 1.59 bits per heavy atom. The van der Waals surface area contributed by atoms with E-state index >= 15 is 0 Å². The number of carbonyl (C=O) groups excluding carboxylic acids is 1. The number of amides is 1. The molecule has 2 N–H and O–H groups in total. The van der Waals surface area contributed by atoms with Crippen LogP contribution in [0.25, 0.3) is 0 Å². The fourth-order valence-corrected chi connectivity index (χ4v) is 1.78. The Morgan fingerprint density at radius 2 is 2.18 bits per heavy atom.